The Hall–Kier alpha value is -0.230. The second-order valence-electron chi connectivity index (χ2n) is 3.64. The van der Waals surface area contributed by atoms with Gasteiger partial charge in [-0.2, -0.15) is 0 Å². The highest BCUT2D eigenvalue weighted by molar-refractivity contribution is 7.92. The van der Waals surface area contributed by atoms with Crippen molar-refractivity contribution in [2.75, 3.05) is 23.5 Å². The predicted molar refractivity (Wildman–Crippen MR) is 62.1 cm³/mol. The van der Waals surface area contributed by atoms with Crippen molar-refractivity contribution in [3.05, 3.63) is 0 Å². The van der Waals surface area contributed by atoms with Crippen LogP contribution in [0.15, 0.2) is 0 Å². The molecular weight excluding hydrogens is 236 g/mol. The van der Waals surface area contributed by atoms with Crippen LogP contribution in [0, 0.1) is 0 Å². The molecule has 0 aromatic carbocycles. The minimum Gasteiger partial charge on any atom is -0.300 e. The molecule has 0 bridgehead atoms. The molecule has 0 N–H and O–H groups in total. The lowest BCUT2D eigenvalue weighted by molar-refractivity contribution is -0.117. The topological polar surface area (TPSA) is 68.3 Å². The molecule has 0 heterocycles. The maximum Gasteiger partial charge on any atom is 0.148 e. The molecule has 1 unspecified atom stereocenters. The van der Waals surface area contributed by atoms with Gasteiger partial charge in [-0.1, -0.05) is 0 Å². The standard InChI is InChI=1S/C9H18O4S2/c1-9(10)5-3-4-6-14(11)7-8-15(2,12)13/h3-8H2,1-2H3. The zero-order valence-electron chi connectivity index (χ0n) is 9.19. The molecule has 0 aliphatic heterocycles. The van der Waals surface area contributed by atoms with Gasteiger partial charge in [0.15, 0.2) is 0 Å². The van der Waals surface area contributed by atoms with Crippen molar-refractivity contribution in [1.29, 1.82) is 0 Å². The van der Waals surface area contributed by atoms with Crippen LogP contribution in [0.4, 0.5) is 0 Å². The third-order valence-electron chi connectivity index (χ3n) is 1.83. The third-order valence-corrected chi connectivity index (χ3v) is 4.44. The Morgan fingerprint density at radius 2 is 1.80 bits per heavy atom. The summed E-state index contributed by atoms with van der Waals surface area (Å²) in [6.07, 6.45) is 3.11. The zero-order chi connectivity index (χ0) is 11.9. The number of ketones is 1. The fourth-order valence-electron chi connectivity index (χ4n) is 0.983. The van der Waals surface area contributed by atoms with Crippen LogP contribution >= 0.6 is 0 Å². The Balaban J connectivity index is 3.55. The maximum absolute atomic E-state index is 11.3. The van der Waals surface area contributed by atoms with Crippen molar-refractivity contribution >= 4 is 26.4 Å². The molecular formula is C9H18O4S2. The first kappa shape index (κ1) is 14.8. The highest BCUT2D eigenvalue weighted by Gasteiger charge is 2.06. The lowest BCUT2D eigenvalue weighted by atomic mass is 10.2. The van der Waals surface area contributed by atoms with Crippen molar-refractivity contribution in [3.8, 4) is 0 Å². The normalized spacial score (nSPS) is 13.7. The Morgan fingerprint density at radius 3 is 2.27 bits per heavy atom. The molecule has 0 radical (unpaired) electrons. The van der Waals surface area contributed by atoms with Crippen LogP contribution in [-0.4, -0.2) is 41.9 Å². The van der Waals surface area contributed by atoms with Gasteiger partial charge in [0.25, 0.3) is 0 Å². The number of sulfone groups is 1. The van der Waals surface area contributed by atoms with Gasteiger partial charge in [0.05, 0.1) is 5.75 Å². The number of carbonyl (C=O) groups is 1. The van der Waals surface area contributed by atoms with E-state index in [-0.39, 0.29) is 17.3 Å². The second-order valence-corrected chi connectivity index (χ2v) is 7.59. The van der Waals surface area contributed by atoms with Crippen LogP contribution in [0.3, 0.4) is 0 Å². The summed E-state index contributed by atoms with van der Waals surface area (Å²) in [5.41, 5.74) is 0. The van der Waals surface area contributed by atoms with E-state index in [0.717, 1.165) is 19.1 Å². The second kappa shape index (κ2) is 7.11. The van der Waals surface area contributed by atoms with E-state index in [0.29, 0.717) is 12.2 Å². The van der Waals surface area contributed by atoms with Gasteiger partial charge in [0, 0.05) is 35.0 Å². The van der Waals surface area contributed by atoms with Crippen LogP contribution in [0.2, 0.25) is 0 Å². The Labute approximate surface area is 93.8 Å². The smallest absolute Gasteiger partial charge is 0.148 e. The molecule has 0 aromatic rings. The molecule has 0 aromatic heterocycles. The van der Waals surface area contributed by atoms with Crippen molar-refractivity contribution in [2.24, 2.45) is 0 Å². The van der Waals surface area contributed by atoms with Crippen LogP contribution in [0.1, 0.15) is 26.2 Å². The monoisotopic (exact) mass is 254 g/mol. The minimum atomic E-state index is -3.01. The molecule has 0 aliphatic rings. The number of rotatable bonds is 8. The van der Waals surface area contributed by atoms with Crippen molar-refractivity contribution in [3.63, 3.8) is 0 Å². The van der Waals surface area contributed by atoms with Gasteiger partial charge < -0.3 is 4.79 Å². The molecule has 0 rings (SSSR count). The molecule has 0 fully saturated rings. The Bertz CT molecular complexity index is 319. The lowest BCUT2D eigenvalue weighted by Crippen LogP contribution is -2.13. The van der Waals surface area contributed by atoms with E-state index < -0.39 is 20.6 Å². The SMILES string of the molecule is CC(=O)CCCCS(=O)CCS(C)(=O)=O. The summed E-state index contributed by atoms with van der Waals surface area (Å²) in [6, 6.07) is 0. The fraction of sp³-hybridized carbons (Fsp3) is 0.889. The number of Topliss-reactive ketones (excluding diaryl/α,β-unsaturated/α-hetero) is 1. The summed E-state index contributed by atoms with van der Waals surface area (Å²) < 4.78 is 32.8. The van der Waals surface area contributed by atoms with Crippen LogP contribution in [0.5, 0.6) is 0 Å². The summed E-state index contributed by atoms with van der Waals surface area (Å²) >= 11 is 0. The highest BCUT2D eigenvalue weighted by Crippen LogP contribution is 1.99. The number of hydrogen-bond acceptors (Lipinski definition) is 4. The van der Waals surface area contributed by atoms with Gasteiger partial charge in [-0.05, 0) is 19.8 Å². The fourth-order valence-corrected chi connectivity index (χ4v) is 3.67. The first-order valence-corrected chi connectivity index (χ1v) is 8.38. The molecule has 90 valence electrons. The van der Waals surface area contributed by atoms with Crippen molar-refractivity contribution in [2.45, 2.75) is 26.2 Å². The molecule has 6 heteroatoms. The van der Waals surface area contributed by atoms with Crippen LogP contribution in [-0.2, 0) is 25.4 Å². The first-order valence-electron chi connectivity index (χ1n) is 4.83. The number of hydrogen-bond donors (Lipinski definition) is 0. The molecule has 4 nitrogen and oxygen atoms in total. The van der Waals surface area contributed by atoms with Gasteiger partial charge in [0.1, 0.15) is 15.6 Å². The summed E-state index contributed by atoms with van der Waals surface area (Å²) in [4.78, 5) is 10.6. The van der Waals surface area contributed by atoms with E-state index in [1.807, 2.05) is 0 Å². The van der Waals surface area contributed by atoms with Gasteiger partial charge in [-0.25, -0.2) is 8.42 Å². The third kappa shape index (κ3) is 11.7. The predicted octanol–water partition coefficient (Wildman–Crippen LogP) is 0.539. The number of carbonyl (C=O) groups excluding carboxylic acids is 1. The van der Waals surface area contributed by atoms with Crippen LogP contribution < -0.4 is 0 Å². The van der Waals surface area contributed by atoms with E-state index in [2.05, 4.69) is 0 Å². The van der Waals surface area contributed by atoms with Crippen molar-refractivity contribution < 1.29 is 17.4 Å². The molecule has 0 saturated carbocycles. The molecule has 0 spiro atoms. The maximum atomic E-state index is 11.3. The van der Waals surface area contributed by atoms with Crippen molar-refractivity contribution in [1.82, 2.24) is 0 Å². The quantitative estimate of drug-likeness (QED) is 0.593. The minimum absolute atomic E-state index is 0.0215. The average molecular weight is 254 g/mol. The average Bonchev–Trinajstić information content (AvgIpc) is 2.07. The van der Waals surface area contributed by atoms with E-state index in [9.17, 15) is 17.4 Å². The molecule has 0 amide bonds. The first-order chi connectivity index (χ1) is 6.81. The van der Waals surface area contributed by atoms with Gasteiger partial charge in [-0.3, -0.25) is 4.21 Å². The van der Waals surface area contributed by atoms with E-state index >= 15 is 0 Å². The number of unbranched alkanes of at least 4 members (excludes halogenated alkanes) is 1. The molecule has 0 aliphatic carbocycles. The Morgan fingerprint density at radius 1 is 1.20 bits per heavy atom. The summed E-state index contributed by atoms with van der Waals surface area (Å²) in [5, 5.41) is 0. The largest absolute Gasteiger partial charge is 0.300 e. The van der Waals surface area contributed by atoms with E-state index in [1.54, 1.807) is 0 Å². The van der Waals surface area contributed by atoms with Gasteiger partial charge >= 0.3 is 0 Å². The summed E-state index contributed by atoms with van der Waals surface area (Å²) in [6.45, 7) is 1.53. The zero-order valence-corrected chi connectivity index (χ0v) is 10.8. The highest BCUT2D eigenvalue weighted by atomic mass is 32.2. The lowest BCUT2D eigenvalue weighted by Gasteiger charge is -2.00. The molecule has 1 atom stereocenters. The summed E-state index contributed by atoms with van der Waals surface area (Å²) in [5.74, 6) is 0.811. The Kier molecular flexibility index (Phi) is 7.00. The van der Waals surface area contributed by atoms with Gasteiger partial charge in [-0.15, -0.1) is 0 Å². The summed E-state index contributed by atoms with van der Waals surface area (Å²) in [7, 11) is -4.08. The van der Waals surface area contributed by atoms with E-state index in [1.165, 1.54) is 6.92 Å². The molecule has 15 heavy (non-hydrogen) atoms. The molecule has 0 saturated heterocycles. The van der Waals surface area contributed by atoms with E-state index in [4.69, 9.17) is 0 Å². The van der Waals surface area contributed by atoms with Gasteiger partial charge in [0.2, 0.25) is 0 Å². The van der Waals surface area contributed by atoms with Crippen LogP contribution in [0.25, 0.3) is 0 Å².